The van der Waals surface area contributed by atoms with Crippen LogP contribution in [-0.4, -0.2) is 35.6 Å². The lowest BCUT2D eigenvalue weighted by Crippen LogP contribution is -2.43. The van der Waals surface area contributed by atoms with Crippen LogP contribution in [0.5, 0.6) is 0 Å². The molecule has 1 saturated carbocycles. The summed E-state index contributed by atoms with van der Waals surface area (Å²) in [6, 6.07) is 13.1. The van der Waals surface area contributed by atoms with Crippen molar-refractivity contribution in [2.75, 3.05) is 6.54 Å². The van der Waals surface area contributed by atoms with E-state index in [2.05, 4.69) is 5.32 Å². The van der Waals surface area contributed by atoms with Crippen molar-refractivity contribution in [3.05, 3.63) is 70.3 Å². The Bertz CT molecular complexity index is 953. The molecule has 9 heteroatoms. The molecule has 0 aliphatic heterocycles. The number of sulfone groups is 1. The molecule has 0 aromatic heterocycles. The van der Waals surface area contributed by atoms with Gasteiger partial charge < -0.3 is 10.4 Å². The number of amides is 1. The van der Waals surface area contributed by atoms with Crippen LogP contribution in [0.2, 0.25) is 0 Å². The molecule has 0 spiro atoms. The summed E-state index contributed by atoms with van der Waals surface area (Å²) in [7, 11) is -3.82. The number of nitro benzene ring substituents is 1. The second-order valence-corrected chi connectivity index (χ2v) is 8.64. The number of hydrogen-bond donors (Lipinski definition) is 2. The molecule has 0 bridgehead atoms. The number of nitrogens with zero attached hydrogens (tertiary/aromatic N) is 1. The summed E-state index contributed by atoms with van der Waals surface area (Å²) >= 11 is 0. The Morgan fingerprint density at radius 3 is 2.26 bits per heavy atom. The molecule has 8 nitrogen and oxygen atoms in total. The normalized spacial score (nSPS) is 16.3. The lowest BCUT2D eigenvalue weighted by molar-refractivity contribution is -0.384. The molecule has 1 atom stereocenters. The molecule has 2 aromatic carbocycles. The van der Waals surface area contributed by atoms with Crippen LogP contribution in [0, 0.1) is 10.1 Å². The predicted molar refractivity (Wildman–Crippen MR) is 96.7 cm³/mol. The van der Waals surface area contributed by atoms with Gasteiger partial charge in [0.2, 0.25) is 5.91 Å². The summed E-state index contributed by atoms with van der Waals surface area (Å²) in [6.45, 7) is -0.192. The lowest BCUT2D eigenvalue weighted by atomic mass is 10.1. The fraction of sp³-hybridized carbons (Fsp3) is 0.278. The first kappa shape index (κ1) is 19.0. The van der Waals surface area contributed by atoms with Crippen molar-refractivity contribution in [1.29, 1.82) is 0 Å². The molecular weight excluding hydrogens is 372 g/mol. The van der Waals surface area contributed by atoms with Crippen LogP contribution in [0.1, 0.15) is 24.5 Å². The van der Waals surface area contributed by atoms with Crippen LogP contribution in [0.25, 0.3) is 0 Å². The number of benzene rings is 2. The monoisotopic (exact) mass is 390 g/mol. The Hall–Kier alpha value is -2.78. The van der Waals surface area contributed by atoms with Crippen LogP contribution in [0.4, 0.5) is 5.69 Å². The van der Waals surface area contributed by atoms with Gasteiger partial charge in [-0.25, -0.2) is 8.42 Å². The largest absolute Gasteiger partial charge is 0.387 e. The van der Waals surface area contributed by atoms with Crippen LogP contribution >= 0.6 is 0 Å². The van der Waals surface area contributed by atoms with Crippen LogP contribution in [0.15, 0.2) is 59.5 Å². The van der Waals surface area contributed by atoms with Gasteiger partial charge >= 0.3 is 0 Å². The van der Waals surface area contributed by atoms with Gasteiger partial charge in [0.25, 0.3) is 5.69 Å². The average molecular weight is 390 g/mol. The van der Waals surface area contributed by atoms with Gasteiger partial charge in [0.05, 0.1) is 15.9 Å². The topological polar surface area (TPSA) is 127 Å². The molecule has 1 fully saturated rings. The first-order valence-corrected chi connectivity index (χ1v) is 9.77. The lowest BCUT2D eigenvalue weighted by Gasteiger charge is -2.18. The van der Waals surface area contributed by atoms with E-state index < -0.39 is 31.5 Å². The highest BCUT2D eigenvalue weighted by molar-refractivity contribution is 7.94. The minimum atomic E-state index is -3.82. The number of nitrogens with one attached hydrogen (secondary N) is 1. The Morgan fingerprint density at radius 2 is 1.74 bits per heavy atom. The van der Waals surface area contributed by atoms with Crippen molar-refractivity contribution in [2.24, 2.45) is 0 Å². The number of hydrogen-bond acceptors (Lipinski definition) is 6. The number of rotatable bonds is 7. The van der Waals surface area contributed by atoms with E-state index in [-0.39, 0.29) is 30.0 Å². The first-order valence-electron chi connectivity index (χ1n) is 8.28. The van der Waals surface area contributed by atoms with E-state index in [1.807, 2.05) is 0 Å². The second kappa shape index (κ2) is 7.09. The van der Waals surface area contributed by atoms with Gasteiger partial charge in [-0.2, -0.15) is 0 Å². The SMILES string of the molecule is O=C(NCC(O)c1ccc([N+](=O)[O-])cc1)C1(S(=O)(=O)c2ccccc2)CC1. The van der Waals surface area contributed by atoms with E-state index in [1.54, 1.807) is 18.2 Å². The summed E-state index contributed by atoms with van der Waals surface area (Å²) < 4.78 is 24.1. The van der Waals surface area contributed by atoms with Crippen molar-refractivity contribution in [1.82, 2.24) is 5.32 Å². The minimum absolute atomic E-state index is 0.0913. The Balaban J connectivity index is 1.68. The molecule has 142 valence electrons. The van der Waals surface area contributed by atoms with Crippen molar-refractivity contribution >= 4 is 21.4 Å². The number of carbonyl (C=O) groups is 1. The fourth-order valence-corrected chi connectivity index (χ4v) is 4.77. The Kier molecular flexibility index (Phi) is 4.99. The van der Waals surface area contributed by atoms with Crippen LogP contribution in [-0.2, 0) is 14.6 Å². The molecule has 1 aliphatic carbocycles. The van der Waals surface area contributed by atoms with Crippen molar-refractivity contribution in [3.63, 3.8) is 0 Å². The standard InChI is InChI=1S/C18H18N2O6S/c21-16(13-6-8-14(9-7-13)20(23)24)12-19-17(22)18(10-11-18)27(25,26)15-4-2-1-3-5-15/h1-9,16,21H,10-12H2,(H,19,22). The second-order valence-electron chi connectivity index (χ2n) is 6.39. The quantitative estimate of drug-likeness (QED) is 0.548. The van der Waals surface area contributed by atoms with Crippen molar-refractivity contribution in [2.45, 2.75) is 28.6 Å². The average Bonchev–Trinajstić information content (AvgIpc) is 3.49. The van der Waals surface area contributed by atoms with Crippen molar-refractivity contribution in [3.8, 4) is 0 Å². The third-order valence-electron chi connectivity index (χ3n) is 4.63. The molecule has 1 aliphatic rings. The van der Waals surface area contributed by atoms with E-state index in [0.29, 0.717) is 5.56 Å². The molecule has 1 amide bonds. The van der Waals surface area contributed by atoms with Gasteiger partial charge in [0, 0.05) is 18.7 Å². The summed E-state index contributed by atoms with van der Waals surface area (Å²) in [4.78, 5) is 22.7. The Labute approximate surface area is 155 Å². The molecule has 2 N–H and O–H groups in total. The maximum absolute atomic E-state index is 12.8. The van der Waals surface area contributed by atoms with E-state index in [0.717, 1.165) is 0 Å². The molecule has 2 aromatic rings. The highest BCUT2D eigenvalue weighted by atomic mass is 32.2. The van der Waals surface area contributed by atoms with Crippen LogP contribution in [0.3, 0.4) is 0 Å². The van der Waals surface area contributed by atoms with Gasteiger partial charge in [0.1, 0.15) is 0 Å². The van der Waals surface area contributed by atoms with E-state index in [9.17, 15) is 28.4 Å². The smallest absolute Gasteiger partial charge is 0.269 e. The van der Waals surface area contributed by atoms with Gasteiger partial charge in [-0.1, -0.05) is 18.2 Å². The number of aliphatic hydroxyl groups excluding tert-OH is 1. The predicted octanol–water partition coefficient (Wildman–Crippen LogP) is 1.75. The van der Waals surface area contributed by atoms with E-state index in [4.69, 9.17) is 0 Å². The number of non-ortho nitro benzene ring substituents is 1. The zero-order valence-corrected chi connectivity index (χ0v) is 15.1. The zero-order chi connectivity index (χ0) is 19.7. The summed E-state index contributed by atoms with van der Waals surface area (Å²) in [6.07, 6.45) is -0.655. The van der Waals surface area contributed by atoms with Gasteiger partial charge in [-0.05, 0) is 42.7 Å². The molecule has 1 unspecified atom stereocenters. The van der Waals surface area contributed by atoms with Gasteiger partial charge in [-0.3, -0.25) is 14.9 Å². The summed E-state index contributed by atoms with van der Waals surface area (Å²) in [5.41, 5.74) is 0.275. The molecule has 3 rings (SSSR count). The van der Waals surface area contributed by atoms with Crippen LogP contribution < -0.4 is 5.32 Å². The third-order valence-corrected chi connectivity index (χ3v) is 7.15. The van der Waals surface area contributed by atoms with Gasteiger partial charge in [-0.15, -0.1) is 0 Å². The number of carbonyl (C=O) groups excluding carboxylic acids is 1. The molecule has 0 radical (unpaired) electrons. The maximum Gasteiger partial charge on any atom is 0.269 e. The maximum atomic E-state index is 12.8. The Morgan fingerprint density at radius 1 is 1.15 bits per heavy atom. The fourth-order valence-electron chi connectivity index (χ4n) is 2.84. The molecule has 0 heterocycles. The third kappa shape index (κ3) is 3.56. The highest BCUT2D eigenvalue weighted by Crippen LogP contribution is 2.47. The van der Waals surface area contributed by atoms with E-state index in [1.165, 1.54) is 36.4 Å². The molecule has 0 saturated heterocycles. The summed E-state index contributed by atoms with van der Waals surface area (Å²) in [5.74, 6) is -0.646. The highest BCUT2D eigenvalue weighted by Gasteiger charge is 2.61. The summed E-state index contributed by atoms with van der Waals surface area (Å²) in [5, 5.41) is 23.3. The van der Waals surface area contributed by atoms with E-state index >= 15 is 0 Å². The molecule has 27 heavy (non-hydrogen) atoms. The van der Waals surface area contributed by atoms with Gasteiger partial charge in [0.15, 0.2) is 14.6 Å². The number of aliphatic hydroxyl groups is 1. The van der Waals surface area contributed by atoms with Crippen molar-refractivity contribution < 1.29 is 23.2 Å². The first-order chi connectivity index (χ1) is 12.8. The molecular formula is C18H18N2O6S. The number of nitro groups is 1. The zero-order valence-electron chi connectivity index (χ0n) is 14.2. The minimum Gasteiger partial charge on any atom is -0.387 e.